The molecule has 1 aliphatic heterocycles. The second-order valence-corrected chi connectivity index (χ2v) is 8.21. The zero-order valence-electron chi connectivity index (χ0n) is 16.3. The maximum absolute atomic E-state index is 13.0. The molecule has 28 heavy (non-hydrogen) atoms. The van der Waals surface area contributed by atoms with E-state index < -0.39 is 0 Å². The molecule has 3 aromatic rings. The fraction of sp³-hybridized carbons (Fsp3) is 0.304. The molecule has 0 aliphatic carbocycles. The van der Waals surface area contributed by atoms with Crippen LogP contribution in [0.4, 0.5) is 0 Å². The predicted octanol–water partition coefficient (Wildman–Crippen LogP) is 5.13. The smallest absolute Gasteiger partial charge is 0.253 e. The molecule has 1 aliphatic rings. The second kappa shape index (κ2) is 8.23. The molecule has 5 heteroatoms. The van der Waals surface area contributed by atoms with Gasteiger partial charge in [0.05, 0.1) is 6.20 Å². The summed E-state index contributed by atoms with van der Waals surface area (Å²) in [5.74, 6) is 0.398. The molecule has 2 heterocycles. The van der Waals surface area contributed by atoms with Crippen molar-refractivity contribution in [2.75, 3.05) is 19.3 Å². The van der Waals surface area contributed by atoms with Gasteiger partial charge in [-0.2, -0.15) is 5.10 Å². The number of hydrogen-bond donors (Lipinski definition) is 1. The van der Waals surface area contributed by atoms with Crippen molar-refractivity contribution in [1.29, 1.82) is 0 Å². The number of thioether (sulfide) groups is 1. The van der Waals surface area contributed by atoms with Gasteiger partial charge in [0.2, 0.25) is 0 Å². The van der Waals surface area contributed by atoms with Crippen LogP contribution >= 0.6 is 11.8 Å². The Labute approximate surface area is 170 Å². The maximum atomic E-state index is 13.0. The largest absolute Gasteiger partial charge is 0.338 e. The summed E-state index contributed by atoms with van der Waals surface area (Å²) in [5.41, 5.74) is 5.51. The van der Waals surface area contributed by atoms with E-state index >= 15 is 0 Å². The number of piperidine rings is 1. The molecule has 1 fully saturated rings. The number of benzene rings is 2. The maximum Gasteiger partial charge on any atom is 0.253 e. The zero-order chi connectivity index (χ0) is 19.5. The molecule has 0 saturated carbocycles. The molecule has 4 nitrogen and oxygen atoms in total. The van der Waals surface area contributed by atoms with Crippen molar-refractivity contribution >= 4 is 17.7 Å². The highest BCUT2D eigenvalue weighted by Crippen LogP contribution is 2.34. The molecule has 1 N–H and O–H groups in total. The number of amides is 1. The van der Waals surface area contributed by atoms with Crippen LogP contribution in [0.15, 0.2) is 59.6 Å². The van der Waals surface area contributed by atoms with Crippen molar-refractivity contribution < 1.29 is 4.79 Å². The third-order valence-electron chi connectivity index (χ3n) is 5.56. The van der Waals surface area contributed by atoms with E-state index in [9.17, 15) is 4.79 Å². The van der Waals surface area contributed by atoms with Gasteiger partial charge in [-0.3, -0.25) is 9.89 Å². The molecule has 1 amide bonds. The molecule has 4 rings (SSSR count). The van der Waals surface area contributed by atoms with Crippen LogP contribution in [-0.2, 0) is 0 Å². The van der Waals surface area contributed by atoms with Gasteiger partial charge >= 0.3 is 0 Å². The van der Waals surface area contributed by atoms with Crippen LogP contribution < -0.4 is 0 Å². The van der Waals surface area contributed by atoms with Crippen LogP contribution in [0.3, 0.4) is 0 Å². The number of nitrogens with one attached hydrogen (secondary N) is 1. The number of hydrogen-bond acceptors (Lipinski definition) is 3. The first kappa shape index (κ1) is 18.8. The molecule has 0 unspecified atom stereocenters. The minimum absolute atomic E-state index is 0.120. The van der Waals surface area contributed by atoms with Gasteiger partial charge in [0.1, 0.15) is 0 Å². The van der Waals surface area contributed by atoms with E-state index in [1.165, 1.54) is 16.0 Å². The summed E-state index contributed by atoms with van der Waals surface area (Å²) >= 11 is 1.69. The van der Waals surface area contributed by atoms with Gasteiger partial charge in [-0.15, -0.1) is 11.8 Å². The van der Waals surface area contributed by atoms with Gasteiger partial charge in [0.15, 0.2) is 0 Å². The monoisotopic (exact) mass is 391 g/mol. The van der Waals surface area contributed by atoms with E-state index in [-0.39, 0.29) is 11.8 Å². The Morgan fingerprint density at radius 3 is 2.68 bits per heavy atom. The number of aromatic nitrogens is 2. The van der Waals surface area contributed by atoms with Gasteiger partial charge < -0.3 is 4.90 Å². The minimum atomic E-state index is 0.120. The van der Waals surface area contributed by atoms with Crippen LogP contribution in [0.2, 0.25) is 0 Å². The van der Waals surface area contributed by atoms with E-state index in [0.717, 1.165) is 42.8 Å². The predicted molar refractivity (Wildman–Crippen MR) is 115 cm³/mol. The van der Waals surface area contributed by atoms with E-state index in [1.807, 2.05) is 41.6 Å². The fourth-order valence-corrected chi connectivity index (χ4v) is 4.42. The van der Waals surface area contributed by atoms with Crippen LogP contribution in [0.5, 0.6) is 0 Å². The second-order valence-electron chi connectivity index (χ2n) is 7.33. The number of carbonyl (C=O) groups is 1. The quantitative estimate of drug-likeness (QED) is 0.628. The highest BCUT2D eigenvalue weighted by molar-refractivity contribution is 7.98. The molecule has 0 bridgehead atoms. The Morgan fingerprint density at radius 1 is 1.14 bits per heavy atom. The topological polar surface area (TPSA) is 49.0 Å². The number of aryl methyl sites for hydroxylation is 1. The first-order valence-electron chi connectivity index (χ1n) is 9.70. The lowest BCUT2D eigenvalue weighted by Crippen LogP contribution is -2.39. The van der Waals surface area contributed by atoms with Crippen molar-refractivity contribution in [2.45, 2.75) is 30.6 Å². The number of H-pyrrole nitrogens is 1. The van der Waals surface area contributed by atoms with Gasteiger partial charge in [-0.1, -0.05) is 24.3 Å². The highest BCUT2D eigenvalue weighted by atomic mass is 32.2. The number of rotatable bonds is 4. The zero-order valence-corrected chi connectivity index (χ0v) is 17.1. The Hall–Kier alpha value is -2.53. The molecular weight excluding hydrogens is 366 g/mol. The van der Waals surface area contributed by atoms with Crippen LogP contribution in [0.25, 0.3) is 11.1 Å². The molecule has 144 valence electrons. The van der Waals surface area contributed by atoms with Crippen molar-refractivity contribution in [3.05, 3.63) is 71.5 Å². The summed E-state index contributed by atoms with van der Waals surface area (Å²) < 4.78 is 0. The number of nitrogens with zero attached hydrogens (tertiary/aromatic N) is 2. The van der Waals surface area contributed by atoms with Gasteiger partial charge in [0, 0.05) is 40.7 Å². The number of aromatic amines is 1. The third-order valence-corrected chi connectivity index (χ3v) is 6.30. The summed E-state index contributed by atoms with van der Waals surface area (Å²) in [7, 11) is 0. The van der Waals surface area contributed by atoms with Gasteiger partial charge in [-0.25, -0.2) is 0 Å². The molecule has 1 aromatic heterocycles. The summed E-state index contributed by atoms with van der Waals surface area (Å²) in [6.45, 7) is 3.67. The van der Waals surface area contributed by atoms with E-state index in [1.54, 1.807) is 11.8 Å². The number of carbonyl (C=O) groups excluding carboxylic acids is 1. The van der Waals surface area contributed by atoms with E-state index in [0.29, 0.717) is 0 Å². The summed E-state index contributed by atoms with van der Waals surface area (Å²) in [5, 5.41) is 7.56. The van der Waals surface area contributed by atoms with E-state index in [4.69, 9.17) is 0 Å². The molecule has 1 atom stereocenters. The summed E-state index contributed by atoms with van der Waals surface area (Å²) in [6, 6.07) is 16.3. The summed E-state index contributed by atoms with van der Waals surface area (Å²) in [4.78, 5) is 16.2. The van der Waals surface area contributed by atoms with Gasteiger partial charge in [-0.05, 0) is 61.4 Å². The Morgan fingerprint density at radius 2 is 1.93 bits per heavy atom. The molecule has 1 saturated heterocycles. The number of likely N-dealkylation sites (tertiary alicyclic amines) is 1. The SMILES string of the molecule is CSc1ccc(C(=O)N2CCC[C@@H](c3[nH]ncc3-c3ccccc3C)C2)cc1. The van der Waals surface area contributed by atoms with Crippen molar-refractivity contribution in [3.8, 4) is 11.1 Å². The van der Waals surface area contributed by atoms with Crippen LogP contribution in [0, 0.1) is 6.92 Å². The Balaban J connectivity index is 1.56. The highest BCUT2D eigenvalue weighted by Gasteiger charge is 2.28. The van der Waals surface area contributed by atoms with Crippen molar-refractivity contribution in [1.82, 2.24) is 15.1 Å². The average Bonchev–Trinajstić information content (AvgIpc) is 3.23. The van der Waals surface area contributed by atoms with Crippen LogP contribution in [-0.4, -0.2) is 40.3 Å². The lowest BCUT2D eigenvalue weighted by atomic mass is 9.89. The standard InChI is InChI=1S/C23H25N3OS/c1-16-6-3-4-8-20(16)21-14-24-25-22(21)18-7-5-13-26(15-18)23(27)17-9-11-19(28-2)12-10-17/h3-4,6,8-12,14,18H,5,7,13,15H2,1-2H3,(H,24,25)/t18-/m1/s1. The molecule has 0 spiro atoms. The molecule has 2 aromatic carbocycles. The van der Waals surface area contributed by atoms with Gasteiger partial charge in [0.25, 0.3) is 5.91 Å². The minimum Gasteiger partial charge on any atom is -0.338 e. The van der Waals surface area contributed by atoms with Crippen molar-refractivity contribution in [2.24, 2.45) is 0 Å². The fourth-order valence-electron chi connectivity index (χ4n) is 4.01. The summed E-state index contributed by atoms with van der Waals surface area (Å²) in [6.07, 6.45) is 6.03. The van der Waals surface area contributed by atoms with E-state index in [2.05, 4.69) is 41.4 Å². The molecule has 0 radical (unpaired) electrons. The first-order chi connectivity index (χ1) is 13.7. The first-order valence-corrected chi connectivity index (χ1v) is 10.9. The van der Waals surface area contributed by atoms with Crippen molar-refractivity contribution in [3.63, 3.8) is 0 Å². The van der Waals surface area contributed by atoms with Crippen LogP contribution in [0.1, 0.15) is 40.4 Å². The Bertz CT molecular complexity index is 964. The third kappa shape index (κ3) is 3.72. The molecular formula is C23H25N3OS. The average molecular weight is 392 g/mol. The normalized spacial score (nSPS) is 16.9. The Kier molecular flexibility index (Phi) is 5.53. The lowest BCUT2D eigenvalue weighted by molar-refractivity contribution is 0.0706. The lowest BCUT2D eigenvalue weighted by Gasteiger charge is -2.33.